The standard InChI is InChI=1S/C14H11F3O2.C7H8O2/c15-14(16,17)11-4-6-12(7-5-11)19-13-3-1-2-10(8-13)9-18;8-5-6-2-1-3-7(9)4-6/h1-8,18H,9H2;1-4,8-9H,5H2. The molecule has 0 saturated heterocycles. The minimum atomic E-state index is -4.35. The zero-order chi connectivity index (χ0) is 20.6. The number of aliphatic hydroxyl groups is 2. The van der Waals surface area contributed by atoms with Crippen LogP contribution in [0.5, 0.6) is 17.2 Å². The summed E-state index contributed by atoms with van der Waals surface area (Å²) < 4.78 is 42.5. The van der Waals surface area contributed by atoms with Crippen LogP contribution in [0.15, 0.2) is 72.8 Å². The molecule has 3 N–H and O–H groups in total. The van der Waals surface area contributed by atoms with Gasteiger partial charge in [-0.05, 0) is 59.7 Å². The summed E-state index contributed by atoms with van der Waals surface area (Å²) in [4.78, 5) is 0. The highest BCUT2D eigenvalue weighted by molar-refractivity contribution is 5.35. The SMILES string of the molecule is OCc1cccc(O)c1.OCc1cccc(Oc2ccc(C(F)(F)F)cc2)c1. The van der Waals surface area contributed by atoms with Gasteiger partial charge in [0.25, 0.3) is 0 Å². The molecule has 0 fully saturated rings. The molecule has 0 aliphatic heterocycles. The number of phenols is 1. The third-order valence-electron chi connectivity index (χ3n) is 3.59. The monoisotopic (exact) mass is 392 g/mol. The van der Waals surface area contributed by atoms with E-state index in [0.717, 1.165) is 17.7 Å². The Bertz CT molecular complexity index is 877. The Hall–Kier alpha value is -3.03. The number of hydrogen-bond acceptors (Lipinski definition) is 4. The molecule has 4 nitrogen and oxygen atoms in total. The number of aliphatic hydroxyl groups excluding tert-OH is 2. The van der Waals surface area contributed by atoms with Gasteiger partial charge in [0.2, 0.25) is 0 Å². The van der Waals surface area contributed by atoms with Crippen LogP contribution in [0.25, 0.3) is 0 Å². The Morgan fingerprint density at radius 2 is 1.29 bits per heavy atom. The lowest BCUT2D eigenvalue weighted by Crippen LogP contribution is -2.03. The molecule has 28 heavy (non-hydrogen) atoms. The zero-order valence-electron chi connectivity index (χ0n) is 14.7. The molecule has 148 valence electrons. The maximum atomic E-state index is 12.4. The van der Waals surface area contributed by atoms with Crippen LogP contribution in [-0.4, -0.2) is 15.3 Å². The van der Waals surface area contributed by atoms with Crippen molar-refractivity contribution in [3.05, 3.63) is 89.5 Å². The van der Waals surface area contributed by atoms with Crippen LogP contribution in [0, 0.1) is 0 Å². The lowest BCUT2D eigenvalue weighted by molar-refractivity contribution is -0.137. The van der Waals surface area contributed by atoms with Gasteiger partial charge in [0.1, 0.15) is 17.2 Å². The van der Waals surface area contributed by atoms with Gasteiger partial charge in [0.15, 0.2) is 0 Å². The summed E-state index contributed by atoms with van der Waals surface area (Å²) in [6, 6.07) is 17.7. The van der Waals surface area contributed by atoms with E-state index >= 15 is 0 Å². The number of phenolic OH excluding ortho intramolecular Hbond substituents is 1. The van der Waals surface area contributed by atoms with Gasteiger partial charge in [-0.2, -0.15) is 13.2 Å². The smallest absolute Gasteiger partial charge is 0.416 e. The van der Waals surface area contributed by atoms with Crippen LogP contribution in [0.1, 0.15) is 16.7 Å². The molecule has 7 heteroatoms. The molecule has 0 bridgehead atoms. The number of alkyl halides is 3. The van der Waals surface area contributed by atoms with Gasteiger partial charge in [-0.15, -0.1) is 0 Å². The summed E-state index contributed by atoms with van der Waals surface area (Å²) in [5, 5.41) is 26.4. The molecule has 0 aliphatic carbocycles. The van der Waals surface area contributed by atoms with Crippen molar-refractivity contribution in [1.82, 2.24) is 0 Å². The average molecular weight is 392 g/mol. The third kappa shape index (κ3) is 6.61. The van der Waals surface area contributed by atoms with Gasteiger partial charge in [-0.3, -0.25) is 0 Å². The Morgan fingerprint density at radius 3 is 1.79 bits per heavy atom. The number of benzene rings is 3. The maximum absolute atomic E-state index is 12.4. The largest absolute Gasteiger partial charge is 0.508 e. The summed E-state index contributed by atoms with van der Waals surface area (Å²) >= 11 is 0. The molecule has 0 unspecified atom stereocenters. The maximum Gasteiger partial charge on any atom is 0.416 e. The minimum absolute atomic E-state index is 0.0194. The van der Waals surface area contributed by atoms with Crippen LogP contribution in [0.3, 0.4) is 0 Å². The van der Waals surface area contributed by atoms with Gasteiger partial charge < -0.3 is 20.1 Å². The predicted octanol–water partition coefficient (Wildman–Crippen LogP) is 4.87. The fourth-order valence-corrected chi connectivity index (χ4v) is 2.21. The molecule has 0 heterocycles. The van der Waals surface area contributed by atoms with Gasteiger partial charge >= 0.3 is 6.18 Å². The van der Waals surface area contributed by atoms with E-state index in [-0.39, 0.29) is 19.0 Å². The summed E-state index contributed by atoms with van der Waals surface area (Å²) in [5.74, 6) is 0.968. The van der Waals surface area contributed by atoms with Crippen molar-refractivity contribution in [1.29, 1.82) is 0 Å². The van der Waals surface area contributed by atoms with E-state index in [0.29, 0.717) is 17.1 Å². The predicted molar refractivity (Wildman–Crippen MR) is 97.9 cm³/mol. The fraction of sp³-hybridized carbons (Fsp3) is 0.143. The van der Waals surface area contributed by atoms with Crippen LogP contribution in [0.2, 0.25) is 0 Å². The molecule has 3 rings (SSSR count). The van der Waals surface area contributed by atoms with Crippen molar-refractivity contribution >= 4 is 0 Å². The van der Waals surface area contributed by atoms with Gasteiger partial charge in [-0.1, -0.05) is 24.3 Å². The first-order valence-corrected chi connectivity index (χ1v) is 8.25. The molecule has 0 radical (unpaired) electrons. The first-order chi connectivity index (χ1) is 13.3. The topological polar surface area (TPSA) is 69.9 Å². The quantitative estimate of drug-likeness (QED) is 0.592. The van der Waals surface area contributed by atoms with Crippen LogP contribution < -0.4 is 4.74 Å². The highest BCUT2D eigenvalue weighted by Gasteiger charge is 2.30. The number of hydrogen-bond donors (Lipinski definition) is 3. The van der Waals surface area contributed by atoms with Crippen LogP contribution in [-0.2, 0) is 19.4 Å². The molecule has 0 saturated carbocycles. The molecule has 0 aromatic heterocycles. The second-order valence-electron chi connectivity index (χ2n) is 5.76. The van der Waals surface area contributed by atoms with Gasteiger partial charge in [-0.25, -0.2) is 0 Å². The summed E-state index contributed by atoms with van der Waals surface area (Å²) in [6.45, 7) is -0.140. The number of halogens is 3. The third-order valence-corrected chi connectivity index (χ3v) is 3.59. The molecule has 3 aromatic rings. The molecule has 3 aromatic carbocycles. The Labute approximate surface area is 160 Å². The Balaban J connectivity index is 0.000000261. The molecule has 0 aliphatic rings. The highest BCUT2D eigenvalue weighted by atomic mass is 19.4. The van der Waals surface area contributed by atoms with E-state index in [9.17, 15) is 13.2 Å². The molecular weight excluding hydrogens is 373 g/mol. The van der Waals surface area contributed by atoms with Crippen LogP contribution >= 0.6 is 0 Å². The number of ether oxygens (including phenoxy) is 1. The average Bonchev–Trinajstić information content (AvgIpc) is 2.68. The Morgan fingerprint density at radius 1 is 0.714 bits per heavy atom. The van der Waals surface area contributed by atoms with E-state index in [2.05, 4.69) is 0 Å². The normalized spacial score (nSPS) is 10.8. The fourth-order valence-electron chi connectivity index (χ4n) is 2.21. The van der Waals surface area contributed by atoms with E-state index in [1.54, 1.807) is 42.5 Å². The van der Waals surface area contributed by atoms with Gasteiger partial charge in [0.05, 0.1) is 18.8 Å². The summed E-state index contributed by atoms with van der Waals surface area (Å²) in [6.07, 6.45) is -4.35. The first kappa shape index (κ1) is 21.3. The van der Waals surface area contributed by atoms with E-state index in [4.69, 9.17) is 20.1 Å². The van der Waals surface area contributed by atoms with E-state index in [1.807, 2.05) is 0 Å². The van der Waals surface area contributed by atoms with Crippen LogP contribution in [0.4, 0.5) is 13.2 Å². The first-order valence-electron chi connectivity index (χ1n) is 8.25. The lowest BCUT2D eigenvalue weighted by atomic mass is 10.2. The highest BCUT2D eigenvalue weighted by Crippen LogP contribution is 2.31. The second-order valence-corrected chi connectivity index (χ2v) is 5.76. The molecule has 0 atom stereocenters. The number of rotatable bonds is 4. The zero-order valence-corrected chi connectivity index (χ0v) is 14.7. The molecule has 0 amide bonds. The van der Waals surface area contributed by atoms with E-state index in [1.165, 1.54) is 18.2 Å². The van der Waals surface area contributed by atoms with Crippen molar-refractivity contribution in [2.24, 2.45) is 0 Å². The van der Waals surface area contributed by atoms with Crippen molar-refractivity contribution in [2.45, 2.75) is 19.4 Å². The Kier molecular flexibility index (Phi) is 7.43. The van der Waals surface area contributed by atoms with Gasteiger partial charge in [0, 0.05) is 0 Å². The van der Waals surface area contributed by atoms with Crippen molar-refractivity contribution in [2.75, 3.05) is 0 Å². The summed E-state index contributed by atoms with van der Waals surface area (Å²) in [5.41, 5.74) is 0.684. The van der Waals surface area contributed by atoms with Crippen molar-refractivity contribution in [3.63, 3.8) is 0 Å². The second kappa shape index (κ2) is 9.77. The molecular formula is C21H19F3O4. The van der Waals surface area contributed by atoms with E-state index < -0.39 is 11.7 Å². The summed E-state index contributed by atoms with van der Waals surface area (Å²) in [7, 11) is 0. The minimum Gasteiger partial charge on any atom is -0.508 e. The van der Waals surface area contributed by atoms with Crippen molar-refractivity contribution < 1.29 is 33.2 Å². The van der Waals surface area contributed by atoms with Crippen molar-refractivity contribution in [3.8, 4) is 17.2 Å². The lowest BCUT2D eigenvalue weighted by Gasteiger charge is -2.09. The number of aromatic hydroxyl groups is 1. The molecule has 0 spiro atoms.